The van der Waals surface area contributed by atoms with Gasteiger partial charge in [0.05, 0.1) is 5.60 Å². The van der Waals surface area contributed by atoms with Crippen LogP contribution in [0.15, 0.2) is 0 Å². The van der Waals surface area contributed by atoms with Gasteiger partial charge in [-0.3, -0.25) is 0 Å². The smallest absolute Gasteiger partial charge is 0.0771 e. The summed E-state index contributed by atoms with van der Waals surface area (Å²) < 4.78 is 0. The summed E-state index contributed by atoms with van der Waals surface area (Å²) in [5.74, 6) is 1.41. The monoisotopic (exact) mass is 199 g/mol. The van der Waals surface area contributed by atoms with Crippen molar-refractivity contribution in [2.24, 2.45) is 11.8 Å². The zero-order chi connectivity index (χ0) is 10.6. The Balaban J connectivity index is 2.40. The van der Waals surface area contributed by atoms with E-state index < -0.39 is 5.60 Å². The van der Waals surface area contributed by atoms with Gasteiger partial charge in [-0.15, -0.1) is 0 Å². The summed E-state index contributed by atoms with van der Waals surface area (Å²) in [6, 6.07) is 0. The van der Waals surface area contributed by atoms with Gasteiger partial charge in [-0.25, -0.2) is 0 Å². The number of hydrogen-bond acceptors (Lipinski definition) is 2. The summed E-state index contributed by atoms with van der Waals surface area (Å²) >= 11 is 0. The van der Waals surface area contributed by atoms with Crippen LogP contribution in [0.3, 0.4) is 0 Å². The molecule has 84 valence electrons. The molecule has 0 aromatic carbocycles. The molecular formula is C12H25NO. The number of aliphatic hydroxyl groups is 1. The van der Waals surface area contributed by atoms with Crippen LogP contribution in [0.25, 0.3) is 0 Å². The second-order valence-electron chi connectivity index (χ2n) is 5.01. The van der Waals surface area contributed by atoms with Crippen molar-refractivity contribution in [2.45, 2.75) is 51.6 Å². The number of hydrogen-bond donors (Lipinski definition) is 2. The van der Waals surface area contributed by atoms with Gasteiger partial charge in [0.2, 0.25) is 0 Å². The van der Waals surface area contributed by atoms with Gasteiger partial charge >= 0.3 is 0 Å². The van der Waals surface area contributed by atoms with E-state index in [4.69, 9.17) is 0 Å². The van der Waals surface area contributed by atoms with Crippen LogP contribution in [-0.2, 0) is 0 Å². The van der Waals surface area contributed by atoms with E-state index in [1.165, 1.54) is 32.1 Å². The molecule has 0 bridgehead atoms. The van der Waals surface area contributed by atoms with Crippen LogP contribution in [0.2, 0.25) is 0 Å². The van der Waals surface area contributed by atoms with Crippen molar-refractivity contribution in [1.82, 2.24) is 5.32 Å². The molecule has 0 heterocycles. The van der Waals surface area contributed by atoms with E-state index >= 15 is 0 Å². The largest absolute Gasteiger partial charge is 0.389 e. The van der Waals surface area contributed by atoms with Crippen LogP contribution in [0.1, 0.15) is 46.0 Å². The first-order valence-electron chi connectivity index (χ1n) is 5.97. The van der Waals surface area contributed by atoms with Gasteiger partial charge in [0.1, 0.15) is 0 Å². The fourth-order valence-electron chi connectivity index (χ4n) is 2.69. The molecule has 2 N–H and O–H groups in total. The van der Waals surface area contributed by atoms with Gasteiger partial charge in [0, 0.05) is 6.54 Å². The second kappa shape index (κ2) is 5.13. The van der Waals surface area contributed by atoms with Crippen molar-refractivity contribution < 1.29 is 5.11 Å². The molecule has 0 spiro atoms. The highest BCUT2D eigenvalue weighted by molar-refractivity contribution is 4.87. The van der Waals surface area contributed by atoms with E-state index in [2.05, 4.69) is 12.2 Å². The van der Waals surface area contributed by atoms with Crippen molar-refractivity contribution in [3.8, 4) is 0 Å². The predicted octanol–water partition coefficient (Wildman–Crippen LogP) is 2.17. The third-order valence-electron chi connectivity index (χ3n) is 3.84. The first kappa shape index (κ1) is 12.0. The summed E-state index contributed by atoms with van der Waals surface area (Å²) in [4.78, 5) is 0. The maximum absolute atomic E-state index is 10.2. The van der Waals surface area contributed by atoms with Gasteiger partial charge in [-0.1, -0.05) is 26.2 Å². The van der Waals surface area contributed by atoms with Crippen molar-refractivity contribution in [2.75, 3.05) is 13.6 Å². The minimum atomic E-state index is -0.506. The molecule has 1 aliphatic rings. The van der Waals surface area contributed by atoms with Crippen LogP contribution in [0.4, 0.5) is 0 Å². The van der Waals surface area contributed by atoms with E-state index in [-0.39, 0.29) is 0 Å². The summed E-state index contributed by atoms with van der Waals surface area (Å²) in [5, 5.41) is 13.3. The van der Waals surface area contributed by atoms with Crippen LogP contribution in [0, 0.1) is 11.8 Å². The zero-order valence-corrected chi connectivity index (χ0v) is 9.84. The quantitative estimate of drug-likeness (QED) is 0.727. The van der Waals surface area contributed by atoms with Gasteiger partial charge in [-0.2, -0.15) is 0 Å². The Hall–Kier alpha value is -0.0800. The average molecular weight is 199 g/mol. The van der Waals surface area contributed by atoms with E-state index in [0.717, 1.165) is 5.92 Å². The molecule has 1 saturated carbocycles. The standard InChI is InChI=1S/C12H25NO/c1-4-10-5-7-11(8-6-10)12(2,14)9-13-3/h10-11,13-14H,4-9H2,1-3H3. The summed E-state index contributed by atoms with van der Waals surface area (Å²) in [6.07, 6.45) is 6.32. The van der Waals surface area contributed by atoms with Crippen LogP contribution in [-0.4, -0.2) is 24.3 Å². The second-order valence-corrected chi connectivity index (χ2v) is 5.01. The molecule has 1 unspecified atom stereocenters. The molecule has 2 nitrogen and oxygen atoms in total. The van der Waals surface area contributed by atoms with Gasteiger partial charge in [0.25, 0.3) is 0 Å². The topological polar surface area (TPSA) is 32.3 Å². The normalized spacial score (nSPS) is 32.6. The Bertz CT molecular complexity index is 160. The first-order valence-corrected chi connectivity index (χ1v) is 5.97. The summed E-state index contributed by atoms with van der Waals surface area (Å²) in [6.45, 7) is 4.96. The highest BCUT2D eigenvalue weighted by Crippen LogP contribution is 2.36. The minimum Gasteiger partial charge on any atom is -0.389 e. The molecule has 14 heavy (non-hydrogen) atoms. The molecule has 1 fully saturated rings. The number of rotatable bonds is 4. The Morgan fingerprint density at radius 2 is 1.86 bits per heavy atom. The fraction of sp³-hybridized carbons (Fsp3) is 1.00. The Morgan fingerprint density at radius 1 is 1.29 bits per heavy atom. The third-order valence-corrected chi connectivity index (χ3v) is 3.84. The Morgan fingerprint density at radius 3 is 2.29 bits per heavy atom. The minimum absolute atomic E-state index is 0.498. The van der Waals surface area contributed by atoms with Crippen LogP contribution >= 0.6 is 0 Å². The Labute approximate surface area is 88.1 Å². The average Bonchev–Trinajstić information content (AvgIpc) is 2.18. The molecule has 0 aromatic rings. The predicted molar refractivity (Wildman–Crippen MR) is 60.3 cm³/mol. The van der Waals surface area contributed by atoms with Crippen molar-refractivity contribution in [1.29, 1.82) is 0 Å². The number of likely N-dealkylation sites (N-methyl/N-ethyl adjacent to an activating group) is 1. The fourth-order valence-corrected chi connectivity index (χ4v) is 2.69. The van der Waals surface area contributed by atoms with Crippen molar-refractivity contribution in [3.05, 3.63) is 0 Å². The molecule has 0 aliphatic heterocycles. The summed E-state index contributed by atoms with van der Waals surface area (Å²) in [5.41, 5.74) is -0.506. The maximum Gasteiger partial charge on any atom is 0.0771 e. The lowest BCUT2D eigenvalue weighted by Gasteiger charge is -2.37. The molecular weight excluding hydrogens is 174 g/mol. The van der Waals surface area contributed by atoms with Crippen LogP contribution < -0.4 is 5.32 Å². The lowest BCUT2D eigenvalue weighted by Crippen LogP contribution is -2.44. The van der Waals surface area contributed by atoms with Gasteiger partial charge in [-0.05, 0) is 38.6 Å². The van der Waals surface area contributed by atoms with Crippen molar-refractivity contribution >= 4 is 0 Å². The van der Waals surface area contributed by atoms with Crippen LogP contribution in [0.5, 0.6) is 0 Å². The molecule has 0 radical (unpaired) electrons. The van der Waals surface area contributed by atoms with Crippen molar-refractivity contribution in [3.63, 3.8) is 0 Å². The molecule has 1 rings (SSSR count). The Kier molecular flexibility index (Phi) is 4.39. The molecule has 0 amide bonds. The van der Waals surface area contributed by atoms with Gasteiger partial charge < -0.3 is 10.4 Å². The van der Waals surface area contributed by atoms with E-state index in [1.54, 1.807) is 0 Å². The molecule has 1 aliphatic carbocycles. The summed E-state index contributed by atoms with van der Waals surface area (Å²) in [7, 11) is 1.91. The SMILES string of the molecule is CCC1CCC(C(C)(O)CNC)CC1. The zero-order valence-electron chi connectivity index (χ0n) is 9.84. The number of nitrogens with one attached hydrogen (secondary N) is 1. The van der Waals surface area contributed by atoms with E-state index in [9.17, 15) is 5.11 Å². The molecule has 0 saturated heterocycles. The highest BCUT2D eigenvalue weighted by Gasteiger charge is 2.33. The highest BCUT2D eigenvalue weighted by atomic mass is 16.3. The van der Waals surface area contributed by atoms with E-state index in [1.807, 2.05) is 14.0 Å². The third kappa shape index (κ3) is 2.96. The maximum atomic E-state index is 10.2. The van der Waals surface area contributed by atoms with Gasteiger partial charge in [0.15, 0.2) is 0 Å². The van der Waals surface area contributed by atoms with E-state index in [0.29, 0.717) is 12.5 Å². The molecule has 0 aromatic heterocycles. The lowest BCUT2D eigenvalue weighted by molar-refractivity contribution is -0.0198. The first-order chi connectivity index (χ1) is 6.60. The molecule has 1 atom stereocenters. The molecule has 2 heteroatoms. The lowest BCUT2D eigenvalue weighted by atomic mass is 9.73.